The number of fused-ring (bicyclic) bond motifs is 12. The zero-order valence-electron chi connectivity index (χ0n) is 24.9. The Labute approximate surface area is 271 Å². The molecule has 0 bridgehead atoms. The summed E-state index contributed by atoms with van der Waals surface area (Å²) in [6.45, 7) is 0. The number of benzene rings is 7. The van der Waals surface area contributed by atoms with Crippen LogP contribution in [-0.4, -0.2) is 0 Å². The Kier molecular flexibility index (Phi) is 5.40. The smallest absolute Gasteiger partial charge is 0.134 e. The second-order valence-electron chi connectivity index (χ2n) is 12.1. The molecule has 3 heteroatoms. The van der Waals surface area contributed by atoms with Gasteiger partial charge in [0.25, 0.3) is 0 Å². The first-order valence-electron chi connectivity index (χ1n) is 15.7. The maximum atomic E-state index is 7.06. The minimum Gasteiger partial charge on any atom is -0.457 e. The van der Waals surface area contributed by atoms with Crippen LogP contribution >= 0.6 is 11.3 Å². The Morgan fingerprint density at radius 1 is 0.413 bits per heavy atom. The van der Waals surface area contributed by atoms with E-state index in [1.54, 1.807) is 0 Å². The van der Waals surface area contributed by atoms with E-state index in [0.29, 0.717) is 0 Å². The van der Waals surface area contributed by atoms with Crippen molar-refractivity contribution in [3.05, 3.63) is 186 Å². The summed E-state index contributed by atoms with van der Waals surface area (Å²) in [7, 11) is 0. The Morgan fingerprint density at radius 2 is 1.00 bits per heavy atom. The molecule has 0 radical (unpaired) electrons. The van der Waals surface area contributed by atoms with Crippen molar-refractivity contribution in [3.63, 3.8) is 0 Å². The average molecular weight is 606 g/mol. The minimum atomic E-state index is -0.511. The van der Waals surface area contributed by atoms with Gasteiger partial charge in [-0.05, 0) is 70.8 Å². The molecule has 0 fully saturated rings. The fourth-order valence-electron chi connectivity index (χ4n) is 7.85. The van der Waals surface area contributed by atoms with Gasteiger partial charge in [0.2, 0.25) is 0 Å². The van der Waals surface area contributed by atoms with Gasteiger partial charge in [-0.1, -0.05) is 109 Å². The van der Waals surface area contributed by atoms with Crippen LogP contribution in [-0.2, 0) is 5.41 Å². The maximum absolute atomic E-state index is 7.06. The van der Waals surface area contributed by atoms with Crippen LogP contribution in [0.3, 0.4) is 0 Å². The molecule has 2 heterocycles. The van der Waals surface area contributed by atoms with Gasteiger partial charge < -0.3 is 9.64 Å². The predicted octanol–water partition coefficient (Wildman–Crippen LogP) is 12.0. The van der Waals surface area contributed by atoms with Gasteiger partial charge in [-0.3, -0.25) is 0 Å². The second kappa shape index (κ2) is 9.68. The van der Waals surface area contributed by atoms with Gasteiger partial charge in [0.1, 0.15) is 11.5 Å². The van der Waals surface area contributed by atoms with Crippen LogP contribution in [0.15, 0.2) is 164 Å². The highest BCUT2D eigenvalue weighted by Crippen LogP contribution is 2.63. The van der Waals surface area contributed by atoms with Crippen LogP contribution < -0.4 is 9.64 Å². The predicted molar refractivity (Wildman–Crippen MR) is 191 cm³/mol. The topological polar surface area (TPSA) is 12.5 Å². The number of ether oxygens (including phenoxy) is 1. The Bertz CT molecular complexity index is 2380. The molecule has 1 aliphatic carbocycles. The largest absolute Gasteiger partial charge is 0.457 e. The third kappa shape index (κ3) is 3.46. The van der Waals surface area contributed by atoms with E-state index in [9.17, 15) is 0 Å². The van der Waals surface area contributed by atoms with E-state index >= 15 is 0 Å². The zero-order chi connectivity index (χ0) is 30.2. The summed E-state index contributed by atoms with van der Waals surface area (Å²) in [6.07, 6.45) is 0. The molecule has 7 aromatic carbocycles. The van der Waals surface area contributed by atoms with Crippen LogP contribution in [0.5, 0.6) is 11.5 Å². The summed E-state index contributed by atoms with van der Waals surface area (Å²) in [5, 5.41) is 2.51. The van der Waals surface area contributed by atoms with Crippen molar-refractivity contribution in [1.29, 1.82) is 0 Å². The average Bonchev–Trinajstić information content (AvgIpc) is 3.62. The van der Waals surface area contributed by atoms with Crippen molar-refractivity contribution in [1.82, 2.24) is 0 Å². The molecule has 46 heavy (non-hydrogen) atoms. The van der Waals surface area contributed by atoms with Crippen molar-refractivity contribution in [2.45, 2.75) is 5.41 Å². The number of thiophene rings is 1. The van der Waals surface area contributed by atoms with Gasteiger partial charge in [-0.2, -0.15) is 0 Å². The summed E-state index contributed by atoms with van der Waals surface area (Å²) in [6, 6.07) is 59.2. The highest BCUT2D eigenvalue weighted by atomic mass is 32.1. The van der Waals surface area contributed by atoms with E-state index < -0.39 is 5.41 Å². The summed E-state index contributed by atoms with van der Waals surface area (Å²) < 4.78 is 9.64. The summed E-state index contributed by atoms with van der Waals surface area (Å²) in [5.41, 5.74) is 10.3. The Morgan fingerprint density at radius 3 is 1.70 bits per heavy atom. The molecule has 0 atom stereocenters. The highest BCUT2D eigenvalue weighted by Gasteiger charge is 2.51. The number of nitrogens with zero attached hydrogens (tertiary/aromatic N) is 1. The molecular formula is C43H27NOS. The molecule has 216 valence electrons. The molecule has 0 saturated carbocycles. The quantitative estimate of drug-likeness (QED) is 0.199. The van der Waals surface area contributed by atoms with Crippen LogP contribution in [0.1, 0.15) is 22.3 Å². The number of anilines is 3. The molecule has 2 nitrogen and oxygen atoms in total. The normalized spacial score (nSPS) is 13.6. The molecule has 1 aromatic heterocycles. The molecule has 8 aromatic rings. The molecule has 0 amide bonds. The van der Waals surface area contributed by atoms with Crippen LogP contribution in [0.4, 0.5) is 17.1 Å². The van der Waals surface area contributed by atoms with Gasteiger partial charge in [-0.15, -0.1) is 11.3 Å². The number of hydrogen-bond acceptors (Lipinski definition) is 3. The lowest BCUT2D eigenvalue weighted by Crippen LogP contribution is -2.32. The lowest BCUT2D eigenvalue weighted by Gasteiger charge is -2.40. The first kappa shape index (κ1) is 25.7. The Balaban J connectivity index is 1.29. The number of hydrogen-bond donors (Lipinski definition) is 0. The summed E-state index contributed by atoms with van der Waals surface area (Å²) in [5.74, 6) is 1.80. The first-order valence-corrected chi connectivity index (χ1v) is 16.5. The van der Waals surface area contributed by atoms with Crippen LogP contribution in [0.25, 0.3) is 31.3 Å². The fraction of sp³-hybridized carbons (Fsp3) is 0.0233. The SMILES string of the molecule is c1ccc(N(c2ccccc2)c2ccc3c(c2)Oc2cc4c(cc2C32c3ccccc3-c3ccccc32)sc2ccccc24)cc1. The standard InChI is InChI=1S/C43H27NOS/c1-3-13-28(14-4-1)44(29-15-5-2-6-16-29)30-23-24-37-39(25-30)45-40-26-34-33-19-9-12-22-41(33)46-42(34)27-38(40)43(37)35-20-10-7-17-31(35)32-18-8-11-21-36(32)43/h1-27H. The second-order valence-corrected chi connectivity index (χ2v) is 13.2. The van der Waals surface area contributed by atoms with E-state index in [2.05, 4.69) is 169 Å². The van der Waals surface area contributed by atoms with Gasteiger partial charge in [0.05, 0.1) is 5.41 Å². The third-order valence-electron chi connectivity index (χ3n) is 9.71. The van der Waals surface area contributed by atoms with Crippen LogP contribution in [0.2, 0.25) is 0 Å². The van der Waals surface area contributed by atoms with E-state index in [0.717, 1.165) is 28.6 Å². The zero-order valence-corrected chi connectivity index (χ0v) is 25.7. The molecule has 1 spiro atoms. The third-order valence-corrected chi connectivity index (χ3v) is 10.8. The molecule has 0 unspecified atom stereocenters. The van der Waals surface area contributed by atoms with Gasteiger partial charge in [-0.25, -0.2) is 0 Å². The van der Waals surface area contributed by atoms with E-state index in [1.807, 2.05) is 11.3 Å². The first-order chi connectivity index (χ1) is 22.8. The lowest BCUT2D eigenvalue weighted by molar-refractivity contribution is 0.437. The minimum absolute atomic E-state index is 0.511. The van der Waals surface area contributed by atoms with E-state index in [4.69, 9.17) is 4.74 Å². The van der Waals surface area contributed by atoms with Gasteiger partial charge in [0, 0.05) is 54.4 Å². The fourth-order valence-corrected chi connectivity index (χ4v) is 8.98. The maximum Gasteiger partial charge on any atom is 0.134 e. The molecular weight excluding hydrogens is 579 g/mol. The van der Waals surface area contributed by atoms with Crippen molar-refractivity contribution >= 4 is 48.6 Å². The van der Waals surface area contributed by atoms with E-state index in [1.165, 1.54) is 53.6 Å². The van der Waals surface area contributed by atoms with Crippen molar-refractivity contribution in [3.8, 4) is 22.6 Å². The number of rotatable bonds is 3. The number of para-hydroxylation sites is 2. The molecule has 0 N–H and O–H groups in total. The lowest BCUT2D eigenvalue weighted by atomic mass is 9.66. The monoisotopic (exact) mass is 605 g/mol. The van der Waals surface area contributed by atoms with Crippen molar-refractivity contribution < 1.29 is 4.74 Å². The summed E-state index contributed by atoms with van der Waals surface area (Å²) in [4.78, 5) is 2.30. The van der Waals surface area contributed by atoms with Gasteiger partial charge >= 0.3 is 0 Å². The van der Waals surface area contributed by atoms with Crippen molar-refractivity contribution in [2.24, 2.45) is 0 Å². The molecule has 0 saturated heterocycles. The Hall–Kier alpha value is -5.64. The van der Waals surface area contributed by atoms with Gasteiger partial charge in [0.15, 0.2) is 0 Å². The molecule has 1 aliphatic heterocycles. The van der Waals surface area contributed by atoms with Crippen LogP contribution in [0, 0.1) is 0 Å². The molecule has 10 rings (SSSR count). The molecule has 2 aliphatic rings. The van der Waals surface area contributed by atoms with E-state index in [-0.39, 0.29) is 0 Å². The highest BCUT2D eigenvalue weighted by molar-refractivity contribution is 7.25. The summed E-state index contributed by atoms with van der Waals surface area (Å²) >= 11 is 1.86. The van der Waals surface area contributed by atoms with Crippen molar-refractivity contribution in [2.75, 3.05) is 4.90 Å².